The Morgan fingerprint density at radius 2 is 1.81 bits per heavy atom. The van der Waals surface area contributed by atoms with E-state index in [4.69, 9.17) is 15.2 Å². The van der Waals surface area contributed by atoms with Crippen LogP contribution in [0.25, 0.3) is 0 Å². The van der Waals surface area contributed by atoms with Crippen molar-refractivity contribution in [2.45, 2.75) is 45.9 Å². The Morgan fingerprint density at radius 3 is 2.29 bits per heavy atom. The van der Waals surface area contributed by atoms with Crippen molar-refractivity contribution in [3.05, 3.63) is 29.8 Å². The molecule has 0 saturated heterocycles. The Kier molecular flexibility index (Phi) is 6.08. The third kappa shape index (κ3) is 4.97. The fraction of sp³-hybridized carbons (Fsp3) is 0.533. The molecule has 1 aromatic rings. The Hall–Kier alpha value is -1.69. The van der Waals surface area contributed by atoms with Gasteiger partial charge in [-0.1, -0.05) is 13.8 Å². The Morgan fingerprint density at radius 1 is 1.19 bits per heavy atom. The molecule has 0 spiro atoms. The summed E-state index contributed by atoms with van der Waals surface area (Å²) in [6.45, 7) is 6.87. The van der Waals surface area contributed by atoms with Gasteiger partial charge in [-0.25, -0.2) is 8.78 Å². The maximum atomic E-state index is 13.6. The zero-order valence-corrected chi connectivity index (χ0v) is 12.6. The average molecular weight is 301 g/mol. The van der Waals surface area contributed by atoms with Crippen molar-refractivity contribution in [1.29, 1.82) is 0 Å². The van der Waals surface area contributed by atoms with Crippen LogP contribution in [0.15, 0.2) is 18.2 Å². The third-order valence-corrected chi connectivity index (χ3v) is 2.95. The monoisotopic (exact) mass is 301 g/mol. The molecule has 0 amide bonds. The molecule has 1 rings (SSSR count). The number of carbonyl (C=O) groups is 1. The van der Waals surface area contributed by atoms with Crippen molar-refractivity contribution in [2.24, 2.45) is 11.7 Å². The fourth-order valence-electron chi connectivity index (χ4n) is 1.85. The van der Waals surface area contributed by atoms with Gasteiger partial charge in [0.1, 0.15) is 24.1 Å². The quantitative estimate of drug-likeness (QED) is 0.821. The van der Waals surface area contributed by atoms with Crippen LogP contribution in [0.1, 0.15) is 27.7 Å². The van der Waals surface area contributed by atoms with E-state index in [1.807, 2.05) is 13.8 Å². The normalized spacial score (nSPS) is 15.4. The second-order valence-corrected chi connectivity index (χ2v) is 5.33. The van der Waals surface area contributed by atoms with Crippen LogP contribution in [0, 0.1) is 17.6 Å². The minimum absolute atomic E-state index is 0.0498. The number of nitrogens with two attached hydrogens (primary N) is 1. The van der Waals surface area contributed by atoms with Gasteiger partial charge in [0.15, 0.2) is 11.6 Å². The molecule has 0 unspecified atom stereocenters. The lowest BCUT2D eigenvalue weighted by Gasteiger charge is -2.28. The van der Waals surface area contributed by atoms with E-state index in [-0.39, 0.29) is 11.7 Å². The van der Waals surface area contributed by atoms with Gasteiger partial charge in [-0.15, -0.1) is 0 Å². The fourth-order valence-corrected chi connectivity index (χ4v) is 1.85. The molecule has 6 heteroatoms. The van der Waals surface area contributed by atoms with E-state index in [0.29, 0.717) is 0 Å². The topological polar surface area (TPSA) is 61.5 Å². The first-order valence-corrected chi connectivity index (χ1v) is 6.80. The Bertz CT molecular complexity index is 492. The van der Waals surface area contributed by atoms with Crippen molar-refractivity contribution in [3.63, 3.8) is 0 Å². The highest BCUT2D eigenvalue weighted by atomic mass is 19.1. The molecule has 0 bridgehead atoms. The van der Waals surface area contributed by atoms with Gasteiger partial charge in [0.05, 0.1) is 0 Å². The van der Waals surface area contributed by atoms with Crippen LogP contribution in [-0.2, 0) is 9.53 Å². The van der Waals surface area contributed by atoms with Crippen LogP contribution in [0.5, 0.6) is 5.75 Å². The summed E-state index contributed by atoms with van der Waals surface area (Å²) in [6.07, 6.45) is -1.19. The maximum absolute atomic E-state index is 13.6. The van der Waals surface area contributed by atoms with Crippen LogP contribution in [0.2, 0.25) is 0 Å². The van der Waals surface area contributed by atoms with E-state index < -0.39 is 35.9 Å². The van der Waals surface area contributed by atoms with Gasteiger partial charge in [0.25, 0.3) is 0 Å². The van der Waals surface area contributed by atoms with Crippen molar-refractivity contribution >= 4 is 5.97 Å². The number of carbonyl (C=O) groups excluding carboxylic acids is 1. The third-order valence-electron chi connectivity index (χ3n) is 2.95. The lowest BCUT2D eigenvalue weighted by atomic mass is 10.0. The van der Waals surface area contributed by atoms with Gasteiger partial charge in [-0.3, -0.25) is 4.79 Å². The molecule has 21 heavy (non-hydrogen) atoms. The molecule has 0 aliphatic carbocycles. The molecule has 1 aromatic carbocycles. The highest BCUT2D eigenvalue weighted by Crippen LogP contribution is 2.22. The lowest BCUT2D eigenvalue weighted by Crippen LogP contribution is -2.41. The summed E-state index contributed by atoms with van der Waals surface area (Å²) in [5.41, 5.74) is 5.46. The second kappa shape index (κ2) is 7.36. The first-order valence-electron chi connectivity index (χ1n) is 6.80. The molecule has 0 fully saturated rings. The van der Waals surface area contributed by atoms with Crippen LogP contribution in [0.4, 0.5) is 8.78 Å². The highest BCUT2D eigenvalue weighted by Gasteiger charge is 2.28. The number of esters is 1. The van der Waals surface area contributed by atoms with Gasteiger partial charge >= 0.3 is 5.97 Å². The highest BCUT2D eigenvalue weighted by molar-refractivity contribution is 5.75. The molecule has 0 aliphatic heterocycles. The van der Waals surface area contributed by atoms with Crippen LogP contribution >= 0.6 is 0 Å². The average Bonchev–Trinajstić information content (AvgIpc) is 2.38. The van der Waals surface area contributed by atoms with E-state index in [1.54, 1.807) is 6.92 Å². The number of hydrogen-bond donors (Lipinski definition) is 1. The number of benzene rings is 1. The van der Waals surface area contributed by atoms with Crippen LogP contribution < -0.4 is 10.5 Å². The van der Waals surface area contributed by atoms with Crippen molar-refractivity contribution in [2.75, 3.05) is 0 Å². The summed E-state index contributed by atoms with van der Waals surface area (Å²) >= 11 is 0. The van der Waals surface area contributed by atoms with Gasteiger partial charge in [-0.2, -0.15) is 0 Å². The maximum Gasteiger partial charge on any atom is 0.323 e. The van der Waals surface area contributed by atoms with Gasteiger partial charge in [-0.05, 0) is 31.9 Å². The summed E-state index contributed by atoms with van der Waals surface area (Å²) in [4.78, 5) is 11.6. The smallest absolute Gasteiger partial charge is 0.323 e. The number of ether oxygens (including phenoxy) is 2. The molecule has 2 N–H and O–H groups in total. The lowest BCUT2D eigenvalue weighted by molar-refractivity contribution is -0.157. The van der Waals surface area contributed by atoms with Crippen LogP contribution in [-0.4, -0.2) is 24.2 Å². The summed E-state index contributed by atoms with van der Waals surface area (Å²) < 4.78 is 37.2. The van der Waals surface area contributed by atoms with Crippen molar-refractivity contribution < 1.29 is 23.0 Å². The largest absolute Gasteiger partial charge is 0.484 e. The summed E-state index contributed by atoms with van der Waals surface area (Å²) in [7, 11) is 0. The first kappa shape index (κ1) is 17.4. The van der Waals surface area contributed by atoms with E-state index in [0.717, 1.165) is 12.1 Å². The predicted octanol–water partition coefficient (Wildman–Crippen LogP) is 2.65. The molecular formula is C15H21F2NO3. The molecule has 3 atom stereocenters. The molecule has 0 saturated carbocycles. The number of rotatable bonds is 6. The molecule has 4 nitrogen and oxygen atoms in total. The summed E-state index contributed by atoms with van der Waals surface area (Å²) in [5.74, 6) is -2.18. The van der Waals surface area contributed by atoms with Crippen molar-refractivity contribution in [1.82, 2.24) is 0 Å². The van der Waals surface area contributed by atoms with Gasteiger partial charge < -0.3 is 15.2 Å². The molecule has 0 aliphatic rings. The van der Waals surface area contributed by atoms with E-state index in [9.17, 15) is 13.6 Å². The molecule has 118 valence electrons. The molecule has 0 radical (unpaired) electrons. The number of hydrogen-bond acceptors (Lipinski definition) is 4. The zero-order chi connectivity index (χ0) is 16.2. The van der Waals surface area contributed by atoms with E-state index in [2.05, 4.69) is 0 Å². The van der Waals surface area contributed by atoms with Gasteiger partial charge in [0, 0.05) is 6.07 Å². The van der Waals surface area contributed by atoms with E-state index >= 15 is 0 Å². The first-order chi connectivity index (χ1) is 9.72. The van der Waals surface area contributed by atoms with Crippen LogP contribution in [0.3, 0.4) is 0 Å². The van der Waals surface area contributed by atoms with Crippen molar-refractivity contribution in [3.8, 4) is 5.75 Å². The minimum Gasteiger partial charge on any atom is -0.484 e. The standard InChI is InChI=1S/C15H21F2NO3/c1-8(2)14(21-15(19)9(3)18)10(4)20-13-6-5-11(16)7-12(13)17/h5-10,14H,18H2,1-4H3/t9-,10-,14+/m0/s1. The summed E-state index contributed by atoms with van der Waals surface area (Å²) in [5, 5.41) is 0. The SMILES string of the molecule is CC(C)[C@@H](OC(=O)[C@H](C)N)[C@H](C)Oc1ccc(F)cc1F. The Labute approximate surface area is 123 Å². The van der Waals surface area contributed by atoms with Gasteiger partial charge in [0.2, 0.25) is 0 Å². The summed E-state index contributed by atoms with van der Waals surface area (Å²) in [6, 6.07) is 2.29. The minimum atomic E-state index is -0.803. The molecule has 0 aromatic heterocycles. The molecular weight excluding hydrogens is 280 g/mol. The second-order valence-electron chi connectivity index (χ2n) is 5.33. The number of halogens is 2. The zero-order valence-electron chi connectivity index (χ0n) is 12.6. The molecule has 0 heterocycles. The Balaban J connectivity index is 2.81. The van der Waals surface area contributed by atoms with E-state index in [1.165, 1.54) is 13.0 Å². The predicted molar refractivity (Wildman–Crippen MR) is 74.8 cm³/mol.